The number of amides is 3. The predicted octanol–water partition coefficient (Wildman–Crippen LogP) is 0.840. The zero-order chi connectivity index (χ0) is 18.2. The van der Waals surface area contributed by atoms with Crippen molar-refractivity contribution >= 4 is 17.7 Å². The van der Waals surface area contributed by atoms with Crippen LogP contribution in [-0.2, 0) is 20.9 Å². The van der Waals surface area contributed by atoms with Gasteiger partial charge in [-0.15, -0.1) is 0 Å². The van der Waals surface area contributed by atoms with E-state index in [-0.39, 0.29) is 24.9 Å². The third kappa shape index (κ3) is 2.99. The monoisotopic (exact) mass is 265 g/mol. The summed E-state index contributed by atoms with van der Waals surface area (Å²) in [5.41, 5.74) is -0.0550. The normalized spacial score (nSPS) is 20.3. The Balaban J connectivity index is 2.15. The van der Waals surface area contributed by atoms with Crippen LogP contribution in [0.2, 0.25) is 0 Å². The lowest BCUT2D eigenvalue weighted by Crippen LogP contribution is -2.47. The van der Waals surface area contributed by atoms with E-state index in [1.807, 2.05) is 0 Å². The third-order valence-electron chi connectivity index (χ3n) is 2.85. The van der Waals surface area contributed by atoms with Gasteiger partial charge in [-0.05, 0) is 12.5 Å². The number of carbonyl (C=O) groups is 3. The quantitative estimate of drug-likeness (QED) is 0.820. The van der Waals surface area contributed by atoms with Gasteiger partial charge in [-0.3, -0.25) is 19.3 Å². The summed E-state index contributed by atoms with van der Waals surface area (Å²) in [7, 11) is 0. The zero-order valence-electron chi connectivity index (χ0n) is 15.4. The summed E-state index contributed by atoms with van der Waals surface area (Å²) < 4.78 is 38.2. The van der Waals surface area contributed by atoms with Crippen LogP contribution in [0.25, 0.3) is 0 Å². The van der Waals surface area contributed by atoms with Crippen molar-refractivity contribution in [3.8, 4) is 0 Å². The average molecular weight is 265 g/mol. The first-order valence-corrected chi connectivity index (χ1v) is 5.85. The number of carbonyl (C=O) groups excluding carboxylic acids is 3. The molecule has 1 N–H and O–H groups in total. The first kappa shape index (κ1) is 8.09. The van der Waals surface area contributed by atoms with Crippen molar-refractivity contribution in [2.24, 2.45) is 0 Å². The summed E-state index contributed by atoms with van der Waals surface area (Å²) in [6.07, 6.45) is 0.138. The van der Waals surface area contributed by atoms with Gasteiger partial charge >= 0.3 is 0 Å². The highest BCUT2D eigenvalue weighted by Gasteiger charge is 2.35. The van der Waals surface area contributed by atoms with Gasteiger partial charge in [0.15, 0.2) is 0 Å². The molecular formula is C14H16N2O3. The fourth-order valence-corrected chi connectivity index (χ4v) is 1.83. The Bertz CT molecular complexity index is 693. The van der Waals surface area contributed by atoms with E-state index in [9.17, 15) is 14.4 Å². The second-order valence-corrected chi connectivity index (χ2v) is 4.15. The lowest BCUT2D eigenvalue weighted by atomic mass is 10.2. The molecule has 0 aromatic heterocycles. The standard InChI is InChI=1S/C14H16N2O3/c1-10(16-12(17)7-8-13(16)18)14(19)15-9-11-5-3-2-4-6-11/h2-6,10H,7-9H2,1H3,(H,15,19)/t10-/m0/s1/i2D,3D,4D,5D,6D. The lowest BCUT2D eigenvalue weighted by molar-refractivity contribution is -0.146. The molecule has 5 nitrogen and oxygen atoms in total. The van der Waals surface area contributed by atoms with Gasteiger partial charge in [-0.25, -0.2) is 0 Å². The number of nitrogens with one attached hydrogen (secondary N) is 1. The van der Waals surface area contributed by atoms with E-state index < -0.39 is 54.0 Å². The van der Waals surface area contributed by atoms with Crippen LogP contribution in [-0.4, -0.2) is 28.7 Å². The van der Waals surface area contributed by atoms with E-state index in [4.69, 9.17) is 6.85 Å². The summed E-state index contributed by atoms with van der Waals surface area (Å²) in [5.74, 6) is -1.48. The summed E-state index contributed by atoms with van der Waals surface area (Å²) in [5, 5.41) is 2.42. The van der Waals surface area contributed by atoms with E-state index in [2.05, 4.69) is 5.32 Å². The van der Waals surface area contributed by atoms with Crippen LogP contribution in [0.3, 0.4) is 0 Å². The molecule has 1 aromatic rings. The molecule has 0 radical (unpaired) electrons. The van der Waals surface area contributed by atoms with Crippen molar-refractivity contribution in [2.75, 3.05) is 0 Å². The number of rotatable bonds is 4. The Hall–Kier alpha value is -2.17. The Labute approximate surface area is 118 Å². The Morgan fingerprint density at radius 3 is 2.47 bits per heavy atom. The van der Waals surface area contributed by atoms with Gasteiger partial charge < -0.3 is 5.32 Å². The van der Waals surface area contributed by atoms with Gasteiger partial charge in [0.25, 0.3) is 0 Å². The number of benzene rings is 1. The average Bonchev–Trinajstić information content (AvgIpc) is 2.88. The fraction of sp³-hybridized carbons (Fsp3) is 0.357. The van der Waals surface area contributed by atoms with Gasteiger partial charge in [0.05, 0.1) is 6.85 Å². The van der Waals surface area contributed by atoms with Gasteiger partial charge in [0.2, 0.25) is 17.7 Å². The molecule has 2 rings (SSSR count). The molecule has 1 atom stereocenters. The highest BCUT2D eigenvalue weighted by atomic mass is 16.2. The minimum atomic E-state index is -1.02. The molecule has 1 aliphatic rings. The molecule has 0 aliphatic carbocycles. The van der Waals surface area contributed by atoms with E-state index in [1.54, 1.807) is 0 Å². The summed E-state index contributed by atoms with van der Waals surface area (Å²) in [6.45, 7) is 1.10. The molecule has 0 spiro atoms. The van der Waals surface area contributed by atoms with Gasteiger partial charge in [-0.2, -0.15) is 0 Å². The molecule has 5 heteroatoms. The molecule has 0 unspecified atom stereocenters. The third-order valence-corrected chi connectivity index (χ3v) is 2.85. The van der Waals surface area contributed by atoms with Crippen molar-refractivity contribution in [1.29, 1.82) is 0 Å². The lowest BCUT2D eigenvalue weighted by Gasteiger charge is -2.21. The predicted molar refractivity (Wildman–Crippen MR) is 68.8 cm³/mol. The van der Waals surface area contributed by atoms with Crippen LogP contribution in [0.5, 0.6) is 0 Å². The molecule has 1 aromatic carbocycles. The molecule has 1 fully saturated rings. The van der Waals surface area contributed by atoms with Crippen molar-refractivity contribution < 1.29 is 21.2 Å². The van der Waals surface area contributed by atoms with Crippen LogP contribution in [0, 0.1) is 0 Å². The second-order valence-electron chi connectivity index (χ2n) is 4.15. The highest BCUT2D eigenvalue weighted by molar-refractivity contribution is 6.05. The molecule has 1 saturated heterocycles. The smallest absolute Gasteiger partial charge is 0.243 e. The zero-order valence-corrected chi connectivity index (χ0v) is 10.4. The summed E-state index contributed by atoms with van der Waals surface area (Å²) >= 11 is 0. The molecule has 19 heavy (non-hydrogen) atoms. The van der Waals surface area contributed by atoms with Gasteiger partial charge in [0.1, 0.15) is 6.04 Å². The Morgan fingerprint density at radius 2 is 1.89 bits per heavy atom. The number of hydrogen-bond acceptors (Lipinski definition) is 3. The van der Waals surface area contributed by atoms with E-state index in [0.29, 0.717) is 0 Å². The molecule has 1 heterocycles. The highest BCUT2D eigenvalue weighted by Crippen LogP contribution is 2.15. The maximum atomic E-state index is 12.1. The molecule has 0 saturated carbocycles. The number of nitrogens with zero attached hydrogens (tertiary/aromatic N) is 1. The van der Waals surface area contributed by atoms with Gasteiger partial charge in [0, 0.05) is 19.4 Å². The largest absolute Gasteiger partial charge is 0.350 e. The maximum absolute atomic E-state index is 12.1. The van der Waals surface area contributed by atoms with Crippen molar-refractivity contribution in [1.82, 2.24) is 10.2 Å². The Kier molecular flexibility index (Phi) is 2.40. The minimum Gasteiger partial charge on any atom is -0.350 e. The van der Waals surface area contributed by atoms with Crippen LogP contribution in [0.1, 0.15) is 32.2 Å². The van der Waals surface area contributed by atoms with E-state index in [1.165, 1.54) is 6.92 Å². The van der Waals surface area contributed by atoms with Crippen molar-refractivity contribution in [3.05, 3.63) is 35.8 Å². The molecule has 3 amide bonds. The summed E-state index contributed by atoms with van der Waals surface area (Å²) in [6, 6.07) is -3.31. The number of likely N-dealkylation sites (tertiary alicyclic amines) is 1. The van der Waals surface area contributed by atoms with E-state index in [0.717, 1.165) is 4.90 Å². The Morgan fingerprint density at radius 1 is 1.32 bits per heavy atom. The van der Waals surface area contributed by atoms with Crippen LogP contribution < -0.4 is 5.32 Å². The number of imide groups is 1. The maximum Gasteiger partial charge on any atom is 0.243 e. The van der Waals surface area contributed by atoms with Crippen molar-refractivity contribution in [3.63, 3.8) is 0 Å². The van der Waals surface area contributed by atoms with Crippen LogP contribution in [0.4, 0.5) is 0 Å². The first-order valence-electron chi connectivity index (χ1n) is 8.35. The molecular weight excluding hydrogens is 244 g/mol. The van der Waals surface area contributed by atoms with E-state index >= 15 is 0 Å². The molecule has 100 valence electrons. The first-order chi connectivity index (χ1) is 11.2. The fourth-order valence-electron chi connectivity index (χ4n) is 1.83. The van der Waals surface area contributed by atoms with Gasteiger partial charge in [-0.1, -0.05) is 30.2 Å². The van der Waals surface area contributed by atoms with Crippen LogP contribution in [0.15, 0.2) is 30.2 Å². The molecule has 0 bridgehead atoms. The number of hydrogen-bond donors (Lipinski definition) is 1. The molecule has 1 aliphatic heterocycles. The van der Waals surface area contributed by atoms with Crippen LogP contribution >= 0.6 is 0 Å². The summed E-state index contributed by atoms with van der Waals surface area (Å²) in [4.78, 5) is 36.3. The van der Waals surface area contributed by atoms with Crippen molar-refractivity contribution in [2.45, 2.75) is 32.4 Å². The minimum absolute atomic E-state index is 0.0550. The SMILES string of the molecule is [2H]c1c([2H])c([2H])c(CNC(=O)[C@H](C)N2C(=O)CCC2=O)c([2H])c1[2H]. The second kappa shape index (κ2) is 5.65. The topological polar surface area (TPSA) is 66.5 Å².